The number of allylic oxidation sites excluding steroid dienone is 2. The molecule has 0 aliphatic rings. The standard InChI is InChI=1S/C29H28FNO3/c1-3-7-23(17-28(32)33)22-10-12-25(13-11-22)34-19-26-20(2)29-24(16-27(26)30)14-15-31(29)18-21-8-5-4-6-9-21/h3-16,23H,17-19H2,1-2H3,(H,32,33)/t23-/m1/s1. The minimum atomic E-state index is -0.846. The average molecular weight is 458 g/mol. The molecule has 0 spiro atoms. The van der Waals surface area contributed by atoms with Crippen molar-refractivity contribution >= 4 is 16.9 Å². The summed E-state index contributed by atoms with van der Waals surface area (Å²) >= 11 is 0. The molecule has 0 saturated heterocycles. The lowest BCUT2D eigenvalue weighted by molar-refractivity contribution is -0.137. The predicted octanol–water partition coefficient (Wildman–Crippen LogP) is 6.85. The Morgan fingerprint density at radius 2 is 1.85 bits per heavy atom. The second-order valence-electron chi connectivity index (χ2n) is 8.42. The molecule has 1 aromatic heterocycles. The minimum absolute atomic E-state index is 0.0254. The maximum absolute atomic E-state index is 14.9. The van der Waals surface area contributed by atoms with Gasteiger partial charge in [-0.05, 0) is 54.8 Å². The minimum Gasteiger partial charge on any atom is -0.489 e. The fraction of sp³-hybridized carbons (Fsp3) is 0.207. The highest BCUT2D eigenvalue weighted by molar-refractivity contribution is 5.84. The summed E-state index contributed by atoms with van der Waals surface area (Å²) in [6.07, 6.45) is 5.75. The summed E-state index contributed by atoms with van der Waals surface area (Å²) in [6.45, 7) is 4.62. The number of aliphatic carboxylic acids is 1. The van der Waals surface area contributed by atoms with Crippen molar-refractivity contribution in [3.8, 4) is 5.75 Å². The molecular weight excluding hydrogens is 429 g/mol. The zero-order valence-corrected chi connectivity index (χ0v) is 19.4. The van der Waals surface area contributed by atoms with Gasteiger partial charge in [-0.15, -0.1) is 0 Å². The molecule has 0 fully saturated rings. The molecule has 3 aromatic carbocycles. The van der Waals surface area contributed by atoms with Gasteiger partial charge in [-0.2, -0.15) is 0 Å². The Balaban J connectivity index is 1.54. The number of nitrogens with zero attached hydrogens (tertiary/aromatic N) is 1. The van der Waals surface area contributed by atoms with Gasteiger partial charge in [0.2, 0.25) is 0 Å². The molecule has 174 valence electrons. The number of hydrogen-bond donors (Lipinski definition) is 1. The van der Waals surface area contributed by atoms with Crippen LogP contribution in [-0.4, -0.2) is 15.6 Å². The van der Waals surface area contributed by atoms with E-state index in [0.717, 1.165) is 22.0 Å². The number of ether oxygens (including phenoxy) is 1. The van der Waals surface area contributed by atoms with Gasteiger partial charge in [0.15, 0.2) is 0 Å². The lowest BCUT2D eigenvalue weighted by Crippen LogP contribution is -2.06. The molecular formula is C29H28FNO3. The summed E-state index contributed by atoms with van der Waals surface area (Å²) in [7, 11) is 0. The first-order valence-corrected chi connectivity index (χ1v) is 11.3. The molecule has 0 bridgehead atoms. The van der Waals surface area contributed by atoms with Crippen LogP contribution < -0.4 is 4.74 Å². The molecule has 34 heavy (non-hydrogen) atoms. The highest BCUT2D eigenvalue weighted by Crippen LogP contribution is 2.29. The van der Waals surface area contributed by atoms with Crippen LogP contribution in [0, 0.1) is 12.7 Å². The van der Waals surface area contributed by atoms with Crippen LogP contribution >= 0.6 is 0 Å². The van der Waals surface area contributed by atoms with Crippen LogP contribution in [0.25, 0.3) is 10.9 Å². The van der Waals surface area contributed by atoms with Crippen LogP contribution in [0.5, 0.6) is 5.75 Å². The van der Waals surface area contributed by atoms with Crippen LogP contribution in [0.3, 0.4) is 0 Å². The Kier molecular flexibility index (Phi) is 7.12. The third-order valence-electron chi connectivity index (χ3n) is 6.08. The Labute approximate surface area is 198 Å². The van der Waals surface area contributed by atoms with E-state index in [4.69, 9.17) is 9.84 Å². The molecule has 4 nitrogen and oxygen atoms in total. The molecule has 4 aromatic rings. The fourth-order valence-electron chi connectivity index (χ4n) is 4.36. The average Bonchev–Trinajstić information content (AvgIpc) is 3.21. The first-order valence-electron chi connectivity index (χ1n) is 11.3. The molecule has 0 aliphatic heterocycles. The third-order valence-corrected chi connectivity index (χ3v) is 6.08. The van der Waals surface area contributed by atoms with Crippen LogP contribution in [0.15, 0.2) is 85.1 Å². The van der Waals surface area contributed by atoms with Gasteiger partial charge in [0.25, 0.3) is 0 Å². The second-order valence-corrected chi connectivity index (χ2v) is 8.42. The lowest BCUT2D eigenvalue weighted by Gasteiger charge is -2.15. The monoisotopic (exact) mass is 457 g/mol. The van der Waals surface area contributed by atoms with Crippen molar-refractivity contribution in [1.82, 2.24) is 4.57 Å². The first kappa shape index (κ1) is 23.3. The molecule has 5 heteroatoms. The Bertz CT molecular complexity index is 1310. The second kappa shape index (κ2) is 10.4. The highest BCUT2D eigenvalue weighted by Gasteiger charge is 2.16. The molecule has 1 atom stereocenters. The number of aromatic nitrogens is 1. The number of carboxylic acids is 1. The number of benzene rings is 3. The number of aryl methyl sites for hydroxylation is 1. The van der Waals surface area contributed by atoms with Crippen LogP contribution in [-0.2, 0) is 17.9 Å². The first-order chi connectivity index (χ1) is 16.5. The van der Waals surface area contributed by atoms with E-state index in [0.29, 0.717) is 17.9 Å². The van der Waals surface area contributed by atoms with Crippen LogP contribution in [0.1, 0.15) is 41.5 Å². The van der Waals surface area contributed by atoms with Crippen molar-refractivity contribution in [3.05, 3.63) is 113 Å². The van der Waals surface area contributed by atoms with Crippen molar-refractivity contribution in [3.63, 3.8) is 0 Å². The Hall–Kier alpha value is -3.86. The smallest absolute Gasteiger partial charge is 0.304 e. The molecule has 0 aliphatic carbocycles. The van der Waals surface area contributed by atoms with Crippen molar-refractivity contribution in [2.45, 2.75) is 39.3 Å². The van der Waals surface area contributed by atoms with E-state index < -0.39 is 5.97 Å². The number of carbonyl (C=O) groups is 1. The van der Waals surface area contributed by atoms with Gasteiger partial charge >= 0.3 is 5.97 Å². The quantitative estimate of drug-likeness (QED) is 0.280. The number of hydrogen-bond acceptors (Lipinski definition) is 2. The predicted molar refractivity (Wildman–Crippen MR) is 133 cm³/mol. The number of halogens is 1. The maximum Gasteiger partial charge on any atom is 0.304 e. The lowest BCUT2D eigenvalue weighted by atomic mass is 9.95. The van der Waals surface area contributed by atoms with Gasteiger partial charge in [0.05, 0.1) is 11.9 Å². The molecule has 0 amide bonds. The van der Waals surface area contributed by atoms with Gasteiger partial charge < -0.3 is 14.4 Å². The molecule has 1 heterocycles. The van der Waals surface area contributed by atoms with Crippen LogP contribution in [0.2, 0.25) is 0 Å². The number of carboxylic acid groups (broad SMARTS) is 1. The van der Waals surface area contributed by atoms with Gasteiger partial charge in [0, 0.05) is 29.6 Å². The fourth-order valence-corrected chi connectivity index (χ4v) is 4.36. The largest absolute Gasteiger partial charge is 0.489 e. The molecule has 0 unspecified atom stereocenters. The van der Waals surface area contributed by atoms with E-state index >= 15 is 0 Å². The SMILES string of the molecule is CC=C[C@H](CC(=O)O)c1ccc(OCc2c(F)cc3ccn(Cc4ccccc4)c3c2C)cc1. The summed E-state index contributed by atoms with van der Waals surface area (Å²) in [5.41, 5.74) is 4.47. The van der Waals surface area contributed by atoms with Crippen molar-refractivity contribution in [1.29, 1.82) is 0 Å². The number of rotatable bonds is 9. The third kappa shape index (κ3) is 5.20. The van der Waals surface area contributed by atoms with E-state index in [1.54, 1.807) is 18.2 Å². The van der Waals surface area contributed by atoms with E-state index in [2.05, 4.69) is 16.7 Å². The zero-order valence-electron chi connectivity index (χ0n) is 19.4. The number of fused-ring (bicyclic) bond motifs is 1. The van der Waals surface area contributed by atoms with Crippen molar-refractivity contribution in [2.24, 2.45) is 0 Å². The van der Waals surface area contributed by atoms with Gasteiger partial charge in [-0.25, -0.2) is 4.39 Å². The summed E-state index contributed by atoms with van der Waals surface area (Å²) in [4.78, 5) is 11.2. The van der Waals surface area contributed by atoms with Gasteiger partial charge in [-0.3, -0.25) is 4.79 Å². The summed E-state index contributed by atoms with van der Waals surface area (Å²) < 4.78 is 23.0. The van der Waals surface area contributed by atoms with E-state index in [1.165, 1.54) is 5.56 Å². The van der Waals surface area contributed by atoms with Gasteiger partial charge in [-0.1, -0.05) is 54.6 Å². The summed E-state index contributed by atoms with van der Waals surface area (Å²) in [5, 5.41) is 10.0. The Morgan fingerprint density at radius 1 is 1.12 bits per heavy atom. The van der Waals surface area contributed by atoms with Crippen molar-refractivity contribution < 1.29 is 19.0 Å². The van der Waals surface area contributed by atoms with Crippen molar-refractivity contribution in [2.75, 3.05) is 0 Å². The van der Waals surface area contributed by atoms with E-state index in [-0.39, 0.29) is 24.8 Å². The topological polar surface area (TPSA) is 51.5 Å². The van der Waals surface area contributed by atoms with E-state index in [9.17, 15) is 9.18 Å². The molecule has 4 rings (SSSR count). The Morgan fingerprint density at radius 3 is 2.53 bits per heavy atom. The molecule has 0 radical (unpaired) electrons. The van der Waals surface area contributed by atoms with Gasteiger partial charge in [0.1, 0.15) is 18.2 Å². The highest BCUT2D eigenvalue weighted by atomic mass is 19.1. The molecule has 1 N–H and O–H groups in total. The summed E-state index contributed by atoms with van der Waals surface area (Å²) in [5.74, 6) is -0.719. The molecule has 0 saturated carbocycles. The summed E-state index contributed by atoms with van der Waals surface area (Å²) in [6, 6.07) is 21.0. The van der Waals surface area contributed by atoms with Crippen LogP contribution in [0.4, 0.5) is 4.39 Å². The normalized spacial score (nSPS) is 12.3. The van der Waals surface area contributed by atoms with E-state index in [1.807, 2.05) is 68.6 Å². The maximum atomic E-state index is 14.9. The zero-order chi connectivity index (χ0) is 24.1.